The molecule has 11 heteroatoms. The molecule has 32 heavy (non-hydrogen) atoms. The Morgan fingerprint density at radius 2 is 1.78 bits per heavy atom. The smallest absolute Gasteiger partial charge is 0.431 e. The van der Waals surface area contributed by atoms with Gasteiger partial charge in [0.15, 0.2) is 6.61 Å². The van der Waals surface area contributed by atoms with Crippen molar-refractivity contribution in [1.82, 2.24) is 9.88 Å². The summed E-state index contributed by atoms with van der Waals surface area (Å²) < 4.78 is 61.4. The van der Waals surface area contributed by atoms with E-state index in [0.717, 1.165) is 18.9 Å². The molecule has 0 radical (unpaired) electrons. The second kappa shape index (κ2) is 10.5. The molecule has 0 bridgehead atoms. The molecule has 1 amide bonds. The molecule has 3 rings (SSSR count). The van der Waals surface area contributed by atoms with Gasteiger partial charge in [-0.05, 0) is 37.0 Å². The van der Waals surface area contributed by atoms with Gasteiger partial charge in [-0.25, -0.2) is 4.39 Å². The van der Waals surface area contributed by atoms with Crippen LogP contribution in [0.4, 0.5) is 17.6 Å². The van der Waals surface area contributed by atoms with E-state index in [1.54, 1.807) is 4.90 Å². The summed E-state index contributed by atoms with van der Waals surface area (Å²) in [5.41, 5.74) is -1.12. The van der Waals surface area contributed by atoms with Gasteiger partial charge in [0.25, 0.3) is 5.91 Å². The maximum Gasteiger partial charge on any atom is 0.431 e. The summed E-state index contributed by atoms with van der Waals surface area (Å²) in [7, 11) is 0. The van der Waals surface area contributed by atoms with Crippen LogP contribution >= 0.6 is 34.8 Å². The lowest BCUT2D eigenvalue weighted by atomic mass is 9.96. The molecular formula is C21H21Cl3F4N2O2. The number of hydrogen-bond donors (Lipinski definition) is 1. The van der Waals surface area contributed by atoms with E-state index >= 15 is 0 Å². The number of H-pyrrole nitrogens is 1. The molecule has 1 aromatic heterocycles. The lowest BCUT2D eigenvalue weighted by Crippen LogP contribution is -2.32. The van der Waals surface area contributed by atoms with Crippen molar-refractivity contribution in [2.75, 3.05) is 31.5 Å². The molecule has 0 unspecified atom stereocenters. The highest BCUT2D eigenvalue weighted by molar-refractivity contribution is 6.32. The molecule has 1 fully saturated rings. The highest BCUT2D eigenvalue weighted by Gasteiger charge is 2.38. The van der Waals surface area contributed by atoms with Gasteiger partial charge >= 0.3 is 6.18 Å². The first kappa shape index (κ1) is 25.0. The number of amides is 1. The minimum Gasteiger partial charge on any atom is -0.482 e. The molecule has 0 aliphatic carbocycles. The summed E-state index contributed by atoms with van der Waals surface area (Å²) in [5.74, 6) is -1.15. The summed E-state index contributed by atoms with van der Waals surface area (Å²) in [6, 6.07) is 2.18. The maximum absolute atomic E-state index is 14.9. The van der Waals surface area contributed by atoms with Crippen LogP contribution in [0.25, 0.3) is 11.1 Å². The molecule has 1 aliphatic heterocycles. The van der Waals surface area contributed by atoms with Crippen LogP contribution in [0.15, 0.2) is 12.1 Å². The van der Waals surface area contributed by atoms with Crippen LogP contribution in [0.1, 0.15) is 29.8 Å². The standard InChI is InChI=1S/C21H21Cl3F4N2O2/c22-5-3-12-19(16(4-6-23)29-20(12)21(26,27)28)13-9-17(14(24)10-15(13)25)32-11-18(31)30-7-1-2-8-30/h9-10,29H,1-8,11H2. The number of nitrogens with one attached hydrogen (secondary N) is 1. The average Bonchev–Trinajstić information content (AvgIpc) is 3.37. The van der Waals surface area contributed by atoms with Gasteiger partial charge < -0.3 is 14.6 Å². The number of ether oxygens (including phenoxy) is 1. The number of nitrogens with zero attached hydrogens (tertiary/aromatic N) is 1. The zero-order valence-electron chi connectivity index (χ0n) is 16.9. The van der Waals surface area contributed by atoms with E-state index in [4.69, 9.17) is 39.5 Å². The molecule has 1 aromatic carbocycles. The Labute approximate surface area is 197 Å². The quantitative estimate of drug-likeness (QED) is 0.343. The molecule has 1 saturated heterocycles. The fraction of sp³-hybridized carbons (Fsp3) is 0.476. The molecule has 2 aromatic rings. The second-order valence-electron chi connectivity index (χ2n) is 7.35. The molecule has 4 nitrogen and oxygen atoms in total. The van der Waals surface area contributed by atoms with Crippen LogP contribution in [0.2, 0.25) is 5.02 Å². The molecular weight excluding hydrogens is 495 g/mol. The maximum atomic E-state index is 14.9. The first-order valence-electron chi connectivity index (χ1n) is 10.00. The normalized spacial score (nSPS) is 14.3. The summed E-state index contributed by atoms with van der Waals surface area (Å²) in [4.78, 5) is 16.3. The summed E-state index contributed by atoms with van der Waals surface area (Å²) in [6.07, 6.45) is -2.96. The molecule has 2 heterocycles. The van der Waals surface area contributed by atoms with Gasteiger partial charge in [0.1, 0.15) is 17.3 Å². The third kappa shape index (κ3) is 5.46. The number of aromatic nitrogens is 1. The molecule has 176 valence electrons. The van der Waals surface area contributed by atoms with E-state index in [9.17, 15) is 22.4 Å². The van der Waals surface area contributed by atoms with E-state index in [1.807, 2.05) is 0 Å². The lowest BCUT2D eigenvalue weighted by Gasteiger charge is -2.17. The number of aromatic amines is 1. The van der Waals surface area contributed by atoms with Crippen LogP contribution in [0.5, 0.6) is 5.75 Å². The number of alkyl halides is 5. The Morgan fingerprint density at radius 3 is 2.38 bits per heavy atom. The SMILES string of the molecule is O=C(COc1cc(-c2c(CCCl)[nH]c(C(F)(F)F)c2CCCl)c(F)cc1Cl)N1CCCC1. The lowest BCUT2D eigenvalue weighted by molar-refractivity contribution is -0.141. The van der Waals surface area contributed by atoms with Crippen molar-refractivity contribution in [3.05, 3.63) is 39.9 Å². The Balaban J connectivity index is 2.03. The highest BCUT2D eigenvalue weighted by atomic mass is 35.5. The third-order valence-corrected chi connectivity index (χ3v) is 5.93. The predicted molar refractivity (Wildman–Crippen MR) is 116 cm³/mol. The number of rotatable bonds is 8. The van der Waals surface area contributed by atoms with Gasteiger partial charge in [0, 0.05) is 48.1 Å². The van der Waals surface area contributed by atoms with E-state index < -0.39 is 17.7 Å². The van der Waals surface area contributed by atoms with Crippen molar-refractivity contribution in [3.63, 3.8) is 0 Å². The summed E-state index contributed by atoms with van der Waals surface area (Å²) in [5, 5.41) is -0.0927. The number of carbonyl (C=O) groups excluding carboxylic acids is 1. The van der Waals surface area contributed by atoms with Gasteiger partial charge in [-0.2, -0.15) is 13.2 Å². The van der Waals surface area contributed by atoms with Crippen molar-refractivity contribution >= 4 is 40.7 Å². The van der Waals surface area contributed by atoms with Gasteiger partial charge in [0.05, 0.1) is 5.02 Å². The minimum atomic E-state index is -4.69. The summed E-state index contributed by atoms with van der Waals surface area (Å²) >= 11 is 17.6. The molecule has 1 N–H and O–H groups in total. The predicted octanol–water partition coefficient (Wildman–Crippen LogP) is 6.06. The zero-order chi connectivity index (χ0) is 23.5. The Kier molecular flexibility index (Phi) is 8.22. The molecule has 0 spiro atoms. The van der Waals surface area contributed by atoms with Gasteiger partial charge in [-0.15, -0.1) is 23.2 Å². The van der Waals surface area contributed by atoms with Crippen LogP contribution in [-0.2, 0) is 23.8 Å². The van der Waals surface area contributed by atoms with E-state index in [2.05, 4.69) is 4.98 Å². The Bertz CT molecular complexity index is 973. The van der Waals surface area contributed by atoms with Crippen LogP contribution in [0.3, 0.4) is 0 Å². The highest BCUT2D eigenvalue weighted by Crippen LogP contribution is 2.42. The number of benzene rings is 1. The minimum absolute atomic E-state index is 0.000908. The molecule has 0 saturated carbocycles. The first-order valence-corrected chi connectivity index (χ1v) is 11.4. The topological polar surface area (TPSA) is 45.3 Å². The number of hydrogen-bond acceptors (Lipinski definition) is 2. The van der Waals surface area contributed by atoms with Crippen LogP contribution < -0.4 is 4.74 Å². The van der Waals surface area contributed by atoms with Crippen LogP contribution in [0, 0.1) is 5.82 Å². The molecule has 1 aliphatic rings. The molecule has 0 atom stereocenters. The summed E-state index contributed by atoms with van der Waals surface area (Å²) in [6.45, 7) is 0.963. The van der Waals surface area contributed by atoms with Gasteiger partial charge in [-0.3, -0.25) is 4.79 Å². The van der Waals surface area contributed by atoms with E-state index in [-0.39, 0.29) is 70.3 Å². The number of likely N-dealkylation sites (tertiary alicyclic amines) is 1. The van der Waals surface area contributed by atoms with Crippen molar-refractivity contribution in [2.45, 2.75) is 31.9 Å². The van der Waals surface area contributed by atoms with Crippen molar-refractivity contribution < 1.29 is 27.1 Å². The van der Waals surface area contributed by atoms with Crippen LogP contribution in [-0.4, -0.2) is 47.2 Å². The Hall–Kier alpha value is -1.64. The van der Waals surface area contributed by atoms with Gasteiger partial charge in [0.2, 0.25) is 0 Å². The zero-order valence-corrected chi connectivity index (χ0v) is 19.2. The van der Waals surface area contributed by atoms with E-state index in [0.29, 0.717) is 13.1 Å². The van der Waals surface area contributed by atoms with Crippen molar-refractivity contribution in [2.24, 2.45) is 0 Å². The Morgan fingerprint density at radius 1 is 1.12 bits per heavy atom. The average molecular weight is 516 g/mol. The number of aryl methyl sites for hydroxylation is 1. The number of carbonyl (C=O) groups is 1. The fourth-order valence-corrected chi connectivity index (χ4v) is 4.40. The van der Waals surface area contributed by atoms with Crippen molar-refractivity contribution in [3.8, 4) is 16.9 Å². The number of halogens is 7. The second-order valence-corrected chi connectivity index (χ2v) is 8.51. The fourth-order valence-electron chi connectivity index (χ4n) is 3.82. The van der Waals surface area contributed by atoms with Crippen molar-refractivity contribution in [1.29, 1.82) is 0 Å². The van der Waals surface area contributed by atoms with E-state index in [1.165, 1.54) is 6.07 Å². The largest absolute Gasteiger partial charge is 0.482 e. The monoisotopic (exact) mass is 514 g/mol. The first-order chi connectivity index (χ1) is 15.2. The third-order valence-electron chi connectivity index (χ3n) is 5.25. The van der Waals surface area contributed by atoms with Gasteiger partial charge in [-0.1, -0.05) is 11.6 Å².